The van der Waals surface area contributed by atoms with Crippen LogP contribution in [0.25, 0.3) is 10.9 Å². The first-order valence-electron chi connectivity index (χ1n) is 5.61. The molecule has 4 nitrogen and oxygen atoms in total. The van der Waals surface area contributed by atoms with Crippen molar-refractivity contribution in [3.8, 4) is 0 Å². The lowest BCUT2D eigenvalue weighted by Crippen LogP contribution is -2.40. The maximum Gasteiger partial charge on any atom is 0.329 e. The number of rotatable bonds is 1. The van der Waals surface area contributed by atoms with Gasteiger partial charge in [-0.25, -0.2) is 4.79 Å². The van der Waals surface area contributed by atoms with E-state index in [1.165, 1.54) is 4.57 Å². The summed E-state index contributed by atoms with van der Waals surface area (Å²) in [6.45, 7) is 0. The largest absolute Gasteiger partial charge is 0.329 e. The molecule has 5 heteroatoms. The summed E-state index contributed by atoms with van der Waals surface area (Å²) in [6.07, 6.45) is 2.92. The fourth-order valence-electron chi connectivity index (χ4n) is 2.21. The summed E-state index contributed by atoms with van der Waals surface area (Å²) in [5, 5.41) is 0.555. The Morgan fingerprint density at radius 1 is 1.29 bits per heavy atom. The molecule has 0 bridgehead atoms. The van der Waals surface area contributed by atoms with Crippen LogP contribution < -0.4 is 11.2 Å². The first-order chi connectivity index (χ1) is 8.18. The van der Waals surface area contributed by atoms with Crippen LogP contribution in [0.1, 0.15) is 25.3 Å². The Morgan fingerprint density at radius 3 is 2.71 bits per heavy atom. The zero-order chi connectivity index (χ0) is 12.0. The van der Waals surface area contributed by atoms with Crippen LogP contribution in [0.15, 0.2) is 32.3 Å². The number of nitrogens with one attached hydrogen (secondary N) is 1. The zero-order valence-electron chi connectivity index (χ0n) is 9.07. The molecule has 1 fully saturated rings. The molecule has 1 N–H and O–H groups in total. The Morgan fingerprint density at radius 2 is 2.06 bits per heavy atom. The van der Waals surface area contributed by atoms with Crippen molar-refractivity contribution in [2.24, 2.45) is 0 Å². The molecule has 2 aromatic rings. The molecule has 0 amide bonds. The Balaban J connectivity index is 2.41. The second-order valence-electron chi connectivity index (χ2n) is 4.35. The number of fused-ring (bicyclic) bond motifs is 1. The van der Waals surface area contributed by atoms with Crippen molar-refractivity contribution < 1.29 is 0 Å². The highest BCUT2D eigenvalue weighted by molar-refractivity contribution is 9.10. The number of nitrogens with zero attached hydrogens (tertiary/aromatic N) is 1. The fourth-order valence-corrected chi connectivity index (χ4v) is 2.75. The second kappa shape index (κ2) is 3.84. The van der Waals surface area contributed by atoms with Crippen LogP contribution in [0.4, 0.5) is 0 Å². The molecule has 0 aliphatic heterocycles. The van der Waals surface area contributed by atoms with Crippen molar-refractivity contribution in [2.45, 2.75) is 25.3 Å². The number of benzene rings is 1. The van der Waals surface area contributed by atoms with E-state index in [4.69, 9.17) is 0 Å². The van der Waals surface area contributed by atoms with Crippen LogP contribution >= 0.6 is 15.9 Å². The highest BCUT2D eigenvalue weighted by atomic mass is 79.9. The molecule has 0 spiro atoms. The molecule has 1 saturated carbocycles. The van der Waals surface area contributed by atoms with Crippen LogP contribution in [-0.4, -0.2) is 9.55 Å². The lowest BCUT2D eigenvalue weighted by atomic mass is 9.93. The molecule has 3 rings (SSSR count). The zero-order valence-corrected chi connectivity index (χ0v) is 10.7. The Bertz CT molecular complexity index is 698. The topological polar surface area (TPSA) is 54.9 Å². The summed E-state index contributed by atoms with van der Waals surface area (Å²) in [4.78, 5) is 27.0. The van der Waals surface area contributed by atoms with Crippen molar-refractivity contribution in [1.29, 1.82) is 0 Å². The minimum absolute atomic E-state index is 0.0720. The molecule has 0 radical (unpaired) electrons. The predicted octanol–water partition coefficient (Wildman–Crippen LogP) is 2.18. The van der Waals surface area contributed by atoms with E-state index in [1.807, 2.05) is 6.07 Å². The summed E-state index contributed by atoms with van der Waals surface area (Å²) in [6, 6.07) is 5.43. The smallest absolute Gasteiger partial charge is 0.307 e. The van der Waals surface area contributed by atoms with E-state index in [1.54, 1.807) is 12.1 Å². The van der Waals surface area contributed by atoms with Crippen molar-refractivity contribution in [2.75, 3.05) is 0 Å². The van der Waals surface area contributed by atoms with Gasteiger partial charge in [-0.15, -0.1) is 0 Å². The van der Waals surface area contributed by atoms with Gasteiger partial charge in [-0.05, 0) is 47.3 Å². The van der Waals surface area contributed by atoms with Gasteiger partial charge in [-0.1, -0.05) is 6.07 Å². The molecule has 1 aliphatic carbocycles. The summed E-state index contributed by atoms with van der Waals surface area (Å²) >= 11 is 3.36. The minimum Gasteiger partial charge on any atom is -0.307 e. The van der Waals surface area contributed by atoms with Crippen LogP contribution in [-0.2, 0) is 0 Å². The maximum atomic E-state index is 12.3. The highest BCUT2D eigenvalue weighted by Crippen LogP contribution is 2.29. The van der Waals surface area contributed by atoms with Gasteiger partial charge >= 0.3 is 5.69 Å². The van der Waals surface area contributed by atoms with Gasteiger partial charge in [0.25, 0.3) is 5.56 Å². The molecular weight excluding hydrogens is 284 g/mol. The van der Waals surface area contributed by atoms with Gasteiger partial charge in [0.1, 0.15) is 0 Å². The Labute approximate surface area is 105 Å². The molecule has 0 saturated heterocycles. The molecule has 1 aliphatic rings. The van der Waals surface area contributed by atoms with E-state index < -0.39 is 0 Å². The van der Waals surface area contributed by atoms with Crippen molar-refractivity contribution >= 4 is 26.8 Å². The van der Waals surface area contributed by atoms with Gasteiger partial charge in [0.2, 0.25) is 0 Å². The fraction of sp³-hybridized carbons (Fsp3) is 0.333. The molecule has 1 heterocycles. The number of aromatic nitrogens is 2. The number of H-pyrrole nitrogens is 1. The van der Waals surface area contributed by atoms with Crippen molar-refractivity contribution in [3.63, 3.8) is 0 Å². The summed E-state index contributed by atoms with van der Waals surface area (Å²) < 4.78 is 2.08. The Hall–Kier alpha value is -1.36. The van der Waals surface area contributed by atoms with Gasteiger partial charge in [0.15, 0.2) is 0 Å². The average molecular weight is 295 g/mol. The monoisotopic (exact) mass is 294 g/mol. The van der Waals surface area contributed by atoms with E-state index in [2.05, 4.69) is 20.9 Å². The van der Waals surface area contributed by atoms with Gasteiger partial charge < -0.3 is 4.98 Å². The van der Waals surface area contributed by atoms with E-state index in [9.17, 15) is 9.59 Å². The average Bonchev–Trinajstić information content (AvgIpc) is 2.21. The summed E-state index contributed by atoms with van der Waals surface area (Å²) in [5.74, 6) is 0. The molecule has 0 atom stereocenters. The third kappa shape index (κ3) is 1.57. The van der Waals surface area contributed by atoms with E-state index in [0.29, 0.717) is 10.9 Å². The normalized spacial score (nSPS) is 16.1. The van der Waals surface area contributed by atoms with Crippen molar-refractivity contribution in [3.05, 3.63) is 43.5 Å². The van der Waals surface area contributed by atoms with E-state index >= 15 is 0 Å². The number of hydrogen-bond donors (Lipinski definition) is 1. The maximum absolute atomic E-state index is 12.3. The van der Waals surface area contributed by atoms with Crippen molar-refractivity contribution in [1.82, 2.24) is 9.55 Å². The molecule has 1 aromatic heterocycles. The molecule has 1 aromatic carbocycles. The molecule has 88 valence electrons. The number of hydrogen-bond acceptors (Lipinski definition) is 2. The molecule has 17 heavy (non-hydrogen) atoms. The van der Waals surface area contributed by atoms with Gasteiger partial charge in [0.05, 0.1) is 10.9 Å². The first-order valence-corrected chi connectivity index (χ1v) is 6.41. The van der Waals surface area contributed by atoms with Crippen LogP contribution in [0.5, 0.6) is 0 Å². The van der Waals surface area contributed by atoms with Crippen LogP contribution in [0, 0.1) is 0 Å². The minimum atomic E-state index is -0.301. The third-order valence-corrected chi connectivity index (χ3v) is 4.01. The predicted molar refractivity (Wildman–Crippen MR) is 69.4 cm³/mol. The second-order valence-corrected chi connectivity index (χ2v) is 5.21. The SMILES string of the molecule is O=c1[nH]c2cccc(Br)c2c(=O)n1C1CCC1. The van der Waals surface area contributed by atoms with E-state index in [0.717, 1.165) is 23.7 Å². The number of aromatic amines is 1. The lowest BCUT2D eigenvalue weighted by Gasteiger charge is -2.26. The summed E-state index contributed by atoms with van der Waals surface area (Å²) in [5.41, 5.74) is 0.0937. The van der Waals surface area contributed by atoms with Gasteiger partial charge in [-0.3, -0.25) is 9.36 Å². The quantitative estimate of drug-likeness (QED) is 0.876. The highest BCUT2D eigenvalue weighted by Gasteiger charge is 2.23. The van der Waals surface area contributed by atoms with Gasteiger partial charge in [-0.2, -0.15) is 0 Å². The molecule has 0 unspecified atom stereocenters. The third-order valence-electron chi connectivity index (χ3n) is 3.35. The lowest BCUT2D eigenvalue weighted by molar-refractivity contribution is 0.298. The standard InChI is InChI=1S/C12H11BrN2O2/c13-8-5-2-6-9-10(8)11(16)15(12(17)14-9)7-3-1-4-7/h2,5-7H,1,3-4H2,(H,14,17). The molecular formula is C12H11BrN2O2. The van der Waals surface area contributed by atoms with Gasteiger partial charge in [0, 0.05) is 10.5 Å². The van der Waals surface area contributed by atoms with E-state index in [-0.39, 0.29) is 17.3 Å². The first kappa shape index (κ1) is 10.8. The number of halogens is 1. The van der Waals surface area contributed by atoms with Crippen LogP contribution in [0.2, 0.25) is 0 Å². The summed E-state index contributed by atoms with van der Waals surface area (Å²) in [7, 11) is 0. The van der Waals surface area contributed by atoms with Crippen LogP contribution in [0.3, 0.4) is 0 Å². The Kier molecular flexibility index (Phi) is 2.43.